The summed E-state index contributed by atoms with van der Waals surface area (Å²) in [5.74, 6) is 17.3. The molecule has 2 unspecified atom stereocenters. The highest BCUT2D eigenvalue weighted by molar-refractivity contribution is 6.79. The molecular formula is C124H271N5OSi2. The molecule has 0 N–H and O–H groups in total. The quantitative estimate of drug-likeness (QED) is 0.0448. The van der Waals surface area contributed by atoms with E-state index in [0.717, 1.165) is 125 Å². The van der Waals surface area contributed by atoms with Gasteiger partial charge < -0.3 is 24.5 Å². The lowest BCUT2D eigenvalue weighted by atomic mass is 9.64. The van der Waals surface area contributed by atoms with Gasteiger partial charge in [-0.3, -0.25) is 4.79 Å². The third-order valence-corrected chi connectivity index (χ3v) is 37.3. The number of carbonyl (C=O) groups is 1. The topological polar surface area (TPSA) is 33.3 Å². The van der Waals surface area contributed by atoms with Crippen molar-refractivity contribution in [2.24, 2.45) is 141 Å². The predicted octanol–water partition coefficient (Wildman–Crippen LogP) is 40.5. The van der Waals surface area contributed by atoms with Crippen LogP contribution in [0.4, 0.5) is 0 Å². The molecule has 6 nitrogen and oxygen atoms in total. The van der Waals surface area contributed by atoms with Crippen LogP contribution in [0.1, 0.15) is 522 Å². The van der Waals surface area contributed by atoms with Crippen molar-refractivity contribution >= 4 is 22.1 Å². The average Bonchev–Trinajstić information content (AvgIpc) is 0.829. The molecule has 8 heteroatoms. The molecule has 0 aliphatic heterocycles. The van der Waals surface area contributed by atoms with E-state index in [9.17, 15) is 4.79 Å². The Hall–Kier alpha value is -0.256. The zero-order valence-corrected chi connectivity index (χ0v) is 106. The van der Waals surface area contributed by atoms with Crippen LogP contribution in [0.15, 0.2) is 0 Å². The number of carbonyl (C=O) groups excluding carboxylic acids is 1. The molecule has 0 fully saturated rings. The first-order valence-electron chi connectivity index (χ1n) is 58.4. The van der Waals surface area contributed by atoms with Crippen molar-refractivity contribution < 1.29 is 4.79 Å². The van der Waals surface area contributed by atoms with E-state index in [4.69, 9.17) is 0 Å². The molecule has 1 amide bonds. The highest BCUT2D eigenvalue weighted by Gasteiger charge is 2.35. The predicted molar refractivity (Wildman–Crippen MR) is 623 cm³/mol. The third kappa shape index (κ3) is 104. The van der Waals surface area contributed by atoms with Crippen molar-refractivity contribution in [1.29, 1.82) is 0 Å². The number of nitrogens with zero attached hydrogens (tertiary/aromatic N) is 5. The van der Waals surface area contributed by atoms with Gasteiger partial charge in [0.05, 0.1) is 16.1 Å². The van der Waals surface area contributed by atoms with Gasteiger partial charge >= 0.3 is 0 Å². The number of hydrogen-bond acceptors (Lipinski definition) is 5. The molecule has 2 atom stereocenters. The Labute approximate surface area is 846 Å². The molecule has 0 saturated heterocycles. The van der Waals surface area contributed by atoms with Crippen LogP contribution >= 0.6 is 0 Å². The Bertz CT molecular complexity index is 2300. The van der Waals surface area contributed by atoms with Crippen LogP contribution in [0.5, 0.6) is 0 Å². The minimum absolute atomic E-state index is 0.306. The minimum Gasteiger partial charge on any atom is -0.340 e. The van der Waals surface area contributed by atoms with Gasteiger partial charge in [-0.25, -0.2) is 0 Å². The monoisotopic (exact) mass is 1900 g/mol. The molecule has 0 aromatic carbocycles. The van der Waals surface area contributed by atoms with Crippen LogP contribution in [0.2, 0.25) is 49.4 Å². The fourth-order valence-electron chi connectivity index (χ4n) is 18.1. The smallest absolute Gasteiger partial charge is 0.223 e. The van der Waals surface area contributed by atoms with Gasteiger partial charge in [0.2, 0.25) is 5.91 Å². The van der Waals surface area contributed by atoms with Crippen molar-refractivity contribution in [2.75, 3.05) is 65.4 Å². The molecule has 0 aliphatic carbocycles. The summed E-state index contributed by atoms with van der Waals surface area (Å²) in [6.45, 7) is 143. The Balaban J connectivity index is -0.000000222. The lowest BCUT2D eigenvalue weighted by Crippen LogP contribution is -2.39. The van der Waals surface area contributed by atoms with Crippen molar-refractivity contribution in [2.45, 2.75) is 595 Å². The van der Waals surface area contributed by atoms with Gasteiger partial charge in [0.15, 0.2) is 0 Å². The molecule has 0 aromatic heterocycles. The maximum atomic E-state index is 11.9. The highest BCUT2D eigenvalue weighted by atomic mass is 28.3. The molecule has 0 bridgehead atoms. The second-order valence-corrected chi connectivity index (χ2v) is 66.1. The van der Waals surface area contributed by atoms with Crippen molar-refractivity contribution in [1.82, 2.24) is 24.5 Å². The van der Waals surface area contributed by atoms with Crippen molar-refractivity contribution in [3.05, 3.63) is 0 Å². The van der Waals surface area contributed by atoms with E-state index in [1.165, 1.54) is 212 Å². The first-order valence-corrected chi connectivity index (χ1v) is 64.6. The van der Waals surface area contributed by atoms with Crippen LogP contribution in [0.25, 0.3) is 0 Å². The Morgan fingerprint density at radius 2 is 0.508 bits per heavy atom. The maximum Gasteiger partial charge on any atom is 0.223 e. The number of rotatable bonds is 64. The lowest BCUT2D eigenvalue weighted by molar-refractivity contribution is -0.133. The Morgan fingerprint density at radius 1 is 0.242 bits per heavy atom. The molecule has 806 valence electrons. The fourth-order valence-corrected chi connectivity index (χ4v) is 26.8. The maximum absolute atomic E-state index is 11.9. The van der Waals surface area contributed by atoms with Gasteiger partial charge in [0.25, 0.3) is 0 Å². The number of amides is 1. The summed E-state index contributed by atoms with van der Waals surface area (Å²) in [7, 11) is -1.98. The summed E-state index contributed by atoms with van der Waals surface area (Å²) < 4.78 is 0. The first-order chi connectivity index (χ1) is 60.1. The van der Waals surface area contributed by atoms with E-state index < -0.39 is 16.1 Å². The number of hydrogen-bond donors (Lipinski definition) is 0. The summed E-state index contributed by atoms with van der Waals surface area (Å²) >= 11 is 0. The standard InChI is InChI=1S/C19H42Si.C18H40Si.C16H35N.2C15H33N.C14H31N.C14H30.C13H27NO/c1-17(2)11-8-14-20(7,15-9-12-18(3)4)16-10-13-19(5)6;1-16(2)10-13-19(9,14-11-17(3,4)5)15-12-18(6,7)8;1-14(2)10-7-8-12-17(16(5)6)13-9-11-15(3)4;1-11(2)14(7)9-16(13(5)6)10-15(8)12(3)4;1-13(2)7-10-16(11-8-14(3)4)12-9-15(5)6;1-12(2)8-7-10-15(14(5)6)11-9-13(3)4;1-10(2)9-14(7,8)13(11(3)4)12(5)6;1-10(2)7-8-14(12(5)6)13(15)9-11(3)4/h17-19H,8-16H2,1-7H3;16H,10-15H2,1-9H3;14-16H,7-13H2,1-6H3;11-15H,9-10H2,1-8H3;13-15H,7-12H2,1-6H3;12-14H,7-11H2,1-6H3;10-13H,9H2,1-8H3;10-12H,7-9H2,1-6H3. The van der Waals surface area contributed by atoms with Crippen molar-refractivity contribution in [3.63, 3.8) is 0 Å². The fraction of sp³-hybridized carbons (Fsp3) is 0.992. The van der Waals surface area contributed by atoms with Gasteiger partial charge in [-0.15, -0.1) is 0 Å². The van der Waals surface area contributed by atoms with Crippen LogP contribution in [-0.4, -0.2) is 136 Å². The molecule has 0 radical (unpaired) electrons. The van der Waals surface area contributed by atoms with E-state index >= 15 is 0 Å². The average molecular weight is 1900 g/mol. The van der Waals surface area contributed by atoms with Gasteiger partial charge in [0, 0.05) is 50.2 Å². The minimum atomic E-state index is -1.03. The molecule has 0 aromatic rings. The van der Waals surface area contributed by atoms with Crippen LogP contribution in [-0.2, 0) is 4.79 Å². The Kier molecular flexibility index (Phi) is 93.7. The third-order valence-electron chi connectivity index (χ3n) is 28.2. The van der Waals surface area contributed by atoms with E-state index in [2.05, 4.69) is 407 Å². The summed E-state index contributed by atoms with van der Waals surface area (Å²) in [4.78, 5) is 24.5. The van der Waals surface area contributed by atoms with E-state index in [0.29, 0.717) is 64.6 Å². The lowest BCUT2D eigenvalue weighted by Gasteiger charge is -2.41. The summed E-state index contributed by atoms with van der Waals surface area (Å²) in [6.07, 6.45) is 31.2. The highest BCUT2D eigenvalue weighted by Crippen LogP contribution is 2.43. The zero-order valence-electron chi connectivity index (χ0n) is 104. The molecule has 0 spiro atoms. The van der Waals surface area contributed by atoms with E-state index in [1.807, 2.05) is 4.90 Å². The normalized spacial score (nSPS) is 13.3. The molecule has 0 aliphatic rings. The molecule has 0 heterocycles. The van der Waals surface area contributed by atoms with Crippen LogP contribution in [0.3, 0.4) is 0 Å². The second kappa shape index (κ2) is 84.1. The summed E-state index contributed by atoms with van der Waals surface area (Å²) in [5.41, 5.74) is 1.50. The van der Waals surface area contributed by atoms with Gasteiger partial charge in [-0.1, -0.05) is 438 Å². The first kappa shape index (κ1) is 147. The van der Waals surface area contributed by atoms with Gasteiger partial charge in [-0.05, 0) is 312 Å². The number of unbranched alkanes of at least 4 members (excludes halogenated alkanes) is 1. The van der Waals surface area contributed by atoms with Gasteiger partial charge in [0.1, 0.15) is 0 Å². The zero-order chi connectivity index (χ0) is 105. The van der Waals surface area contributed by atoms with Crippen LogP contribution < -0.4 is 0 Å². The molecule has 132 heavy (non-hydrogen) atoms. The van der Waals surface area contributed by atoms with Crippen LogP contribution in [0, 0.1) is 141 Å². The summed E-state index contributed by atoms with van der Waals surface area (Å²) in [6, 6.07) is 11.8. The SMILES string of the molecule is CC(C)C(C)CN(CC(C)C(C)C)C(C)C.CC(C)CC(C)(C)C(C(C)C)C(C)C.CC(C)CCCCN(CCCC(C)C)C(C)C.CC(C)CCCN(CCC(C)C)C(C)C.CC(C)CCC[Si](C)(CCCC(C)C)CCCC(C)C.CC(C)CCN(C(=O)CC(C)C)C(C)C.CC(C)CCN(CCC(C)C)CCC(C)C.CC(C)CC[Si](C)(CCC(C)(C)C)CCC(C)(C)C. The molecule has 0 rings (SSSR count). The molecule has 0 saturated carbocycles. The largest absolute Gasteiger partial charge is 0.340 e. The van der Waals surface area contributed by atoms with E-state index in [-0.39, 0.29) is 0 Å². The van der Waals surface area contributed by atoms with E-state index in [1.54, 1.807) is 18.1 Å². The molecular weight excluding hydrogens is 1630 g/mol. The summed E-state index contributed by atoms with van der Waals surface area (Å²) in [5, 5.41) is 0. The Morgan fingerprint density at radius 3 is 0.765 bits per heavy atom. The second-order valence-electron chi connectivity index (χ2n) is 55.9. The van der Waals surface area contributed by atoms with Gasteiger partial charge in [-0.2, -0.15) is 0 Å². The van der Waals surface area contributed by atoms with Crippen molar-refractivity contribution in [3.8, 4) is 0 Å².